The van der Waals surface area contributed by atoms with Crippen molar-refractivity contribution in [2.24, 2.45) is 5.41 Å². The van der Waals surface area contributed by atoms with E-state index in [9.17, 15) is 18.3 Å². The smallest absolute Gasteiger partial charge is 0.333 e. The van der Waals surface area contributed by atoms with Gasteiger partial charge < -0.3 is 24.8 Å². The summed E-state index contributed by atoms with van der Waals surface area (Å²) in [6.45, 7) is 2.68. The predicted molar refractivity (Wildman–Crippen MR) is 151 cm³/mol. The van der Waals surface area contributed by atoms with Crippen LogP contribution in [0, 0.1) is 5.41 Å². The van der Waals surface area contributed by atoms with Crippen molar-refractivity contribution in [3.63, 3.8) is 0 Å². The Morgan fingerprint density at radius 2 is 2.05 bits per heavy atom. The lowest BCUT2D eigenvalue weighted by Crippen LogP contribution is -2.50. The summed E-state index contributed by atoms with van der Waals surface area (Å²) in [6, 6.07) is 8.47. The number of aliphatic hydroxyl groups is 1. The van der Waals surface area contributed by atoms with Gasteiger partial charge in [0.25, 0.3) is 10.0 Å². The number of pyridine rings is 1. The number of thiophene rings is 1. The molecule has 2 aliphatic heterocycles. The minimum Gasteiger partial charge on any atom is -0.477 e. The van der Waals surface area contributed by atoms with Crippen LogP contribution in [0.5, 0.6) is 5.88 Å². The summed E-state index contributed by atoms with van der Waals surface area (Å²) in [5.41, 5.74) is 4.83. The zero-order chi connectivity index (χ0) is 27.9. The van der Waals surface area contributed by atoms with Crippen molar-refractivity contribution < 1.29 is 27.8 Å². The number of ether oxygens (including phenoxy) is 2. The highest BCUT2D eigenvalue weighted by atomic mass is 32.2. The molecule has 40 heavy (non-hydrogen) atoms. The molecular weight excluding hydrogens is 552 g/mol. The highest BCUT2D eigenvalue weighted by Gasteiger charge is 2.39. The molecule has 4 heterocycles. The average Bonchev–Trinajstić information content (AvgIpc) is 3.56. The van der Waals surface area contributed by atoms with Crippen molar-refractivity contribution in [1.29, 1.82) is 0 Å². The monoisotopic (exact) mass is 584 g/mol. The molecule has 3 N–H and O–H groups in total. The molecule has 3 aliphatic rings. The van der Waals surface area contributed by atoms with Gasteiger partial charge >= 0.3 is 6.03 Å². The molecule has 2 amide bonds. The standard InChI is InChI=1S/C28H32N4O6S2/c1-32-10-8-23-20(13-32)12-25(39-23)40(35,36)31-27(34)30-26-21-4-2-3-18(21)5-6-22(26)19-7-9-29-24(11-19)38-17-28(14-33)15-37-16-28/h5-7,9,11-12,33H,2-4,8,10,13-17H2,1H3,(H2,30,31,34). The van der Waals surface area contributed by atoms with Gasteiger partial charge in [-0.1, -0.05) is 12.1 Å². The van der Waals surface area contributed by atoms with Gasteiger partial charge in [-0.2, -0.15) is 0 Å². The summed E-state index contributed by atoms with van der Waals surface area (Å²) < 4.78 is 39.8. The highest BCUT2D eigenvalue weighted by molar-refractivity contribution is 7.92. The fourth-order valence-corrected chi connectivity index (χ4v) is 7.88. The Hall–Kier alpha value is -3.03. The van der Waals surface area contributed by atoms with E-state index in [0.29, 0.717) is 31.3 Å². The summed E-state index contributed by atoms with van der Waals surface area (Å²) in [5.74, 6) is 0.392. The lowest BCUT2D eigenvalue weighted by atomic mass is 9.88. The molecule has 0 radical (unpaired) electrons. The Balaban J connectivity index is 1.24. The number of sulfonamides is 1. The molecule has 1 aromatic carbocycles. The number of likely N-dealkylation sites (N-methyl/N-ethyl adjacent to an activating group) is 1. The number of urea groups is 1. The van der Waals surface area contributed by atoms with Gasteiger partial charge in [0.05, 0.1) is 30.9 Å². The van der Waals surface area contributed by atoms with E-state index in [1.54, 1.807) is 18.3 Å². The van der Waals surface area contributed by atoms with E-state index in [4.69, 9.17) is 9.47 Å². The van der Waals surface area contributed by atoms with Crippen LogP contribution in [-0.2, 0) is 40.6 Å². The number of fused-ring (bicyclic) bond motifs is 2. The molecule has 2 aromatic heterocycles. The number of carbonyl (C=O) groups is 1. The van der Waals surface area contributed by atoms with Crippen LogP contribution in [0.4, 0.5) is 10.5 Å². The van der Waals surface area contributed by atoms with Crippen LogP contribution >= 0.6 is 11.3 Å². The molecule has 0 unspecified atom stereocenters. The summed E-state index contributed by atoms with van der Waals surface area (Å²) in [7, 11) is -2.03. The first-order chi connectivity index (χ1) is 19.2. The number of aryl methyl sites for hydroxylation is 1. The molecule has 12 heteroatoms. The molecule has 0 bridgehead atoms. The van der Waals surface area contributed by atoms with E-state index < -0.39 is 21.5 Å². The molecule has 1 saturated heterocycles. The van der Waals surface area contributed by atoms with Crippen LogP contribution in [-0.4, -0.2) is 69.5 Å². The first kappa shape index (κ1) is 27.2. The third-order valence-electron chi connectivity index (χ3n) is 7.77. The van der Waals surface area contributed by atoms with Gasteiger partial charge in [-0.05, 0) is 67.1 Å². The molecule has 212 valence electrons. The minimum atomic E-state index is -4.03. The Bertz CT molecular complexity index is 1540. The second-order valence-corrected chi connectivity index (χ2v) is 13.9. The number of anilines is 1. The van der Waals surface area contributed by atoms with Crippen molar-refractivity contribution in [3.05, 3.63) is 58.1 Å². The van der Waals surface area contributed by atoms with Crippen LogP contribution in [0.1, 0.15) is 28.0 Å². The Kier molecular flexibility index (Phi) is 7.30. The van der Waals surface area contributed by atoms with Crippen LogP contribution in [0.25, 0.3) is 11.1 Å². The third-order valence-corrected chi connectivity index (χ3v) is 10.8. The van der Waals surface area contributed by atoms with Crippen molar-refractivity contribution in [3.8, 4) is 17.0 Å². The number of carbonyl (C=O) groups excluding carboxylic acids is 1. The van der Waals surface area contributed by atoms with Crippen molar-refractivity contribution in [2.75, 3.05) is 45.3 Å². The largest absolute Gasteiger partial charge is 0.477 e. The number of amides is 2. The number of nitrogens with one attached hydrogen (secondary N) is 2. The van der Waals surface area contributed by atoms with E-state index in [2.05, 4.69) is 26.0 Å². The first-order valence-corrected chi connectivity index (χ1v) is 15.6. The van der Waals surface area contributed by atoms with Crippen molar-refractivity contribution in [1.82, 2.24) is 14.6 Å². The maximum atomic E-state index is 13.2. The molecule has 10 nitrogen and oxygen atoms in total. The minimum absolute atomic E-state index is 0.0330. The second kappa shape index (κ2) is 10.7. The van der Waals surface area contributed by atoms with E-state index in [-0.39, 0.29) is 17.4 Å². The van der Waals surface area contributed by atoms with E-state index in [1.807, 2.05) is 19.2 Å². The normalized spacial score (nSPS) is 17.9. The second-order valence-electron chi connectivity index (χ2n) is 10.9. The number of hydrogen-bond donors (Lipinski definition) is 3. The van der Waals surface area contributed by atoms with E-state index in [1.165, 1.54) is 11.3 Å². The molecule has 0 atom stereocenters. The van der Waals surface area contributed by atoms with Crippen molar-refractivity contribution >= 4 is 33.1 Å². The Morgan fingerprint density at radius 3 is 2.83 bits per heavy atom. The number of hydrogen-bond acceptors (Lipinski definition) is 9. The summed E-state index contributed by atoms with van der Waals surface area (Å²) in [4.78, 5) is 20.7. The van der Waals surface area contributed by atoms with Crippen molar-refractivity contribution in [2.45, 2.75) is 36.4 Å². The maximum absolute atomic E-state index is 13.2. The molecule has 0 spiro atoms. The number of nitrogens with zero attached hydrogens (tertiary/aromatic N) is 2. The van der Waals surface area contributed by atoms with Gasteiger partial charge in [0.15, 0.2) is 0 Å². The quantitative estimate of drug-likeness (QED) is 0.368. The number of benzene rings is 1. The molecular formula is C28H32N4O6S2. The van der Waals surface area contributed by atoms with E-state index >= 15 is 0 Å². The zero-order valence-corrected chi connectivity index (χ0v) is 23.9. The van der Waals surface area contributed by atoms with Crippen LogP contribution in [0.2, 0.25) is 0 Å². The summed E-state index contributed by atoms with van der Waals surface area (Å²) >= 11 is 1.23. The van der Waals surface area contributed by atoms with Gasteiger partial charge in [-0.15, -0.1) is 11.3 Å². The van der Waals surface area contributed by atoms with Crippen LogP contribution in [0.3, 0.4) is 0 Å². The van der Waals surface area contributed by atoms with Gasteiger partial charge in [-0.25, -0.2) is 22.9 Å². The maximum Gasteiger partial charge on any atom is 0.333 e. The van der Waals surface area contributed by atoms with Crippen LogP contribution in [0.15, 0.2) is 40.7 Å². The fraction of sp³-hybridized carbons (Fsp3) is 0.429. The third kappa shape index (κ3) is 5.34. The number of aromatic nitrogens is 1. The Morgan fingerprint density at radius 1 is 1.20 bits per heavy atom. The molecule has 0 saturated carbocycles. The van der Waals surface area contributed by atoms with E-state index in [0.717, 1.165) is 64.9 Å². The van der Waals surface area contributed by atoms with Gasteiger partial charge in [0.1, 0.15) is 10.8 Å². The topological polar surface area (TPSA) is 130 Å². The number of aliphatic hydroxyl groups excluding tert-OH is 1. The Labute approximate surface area is 237 Å². The summed E-state index contributed by atoms with van der Waals surface area (Å²) in [6.07, 6.45) is 5.06. The SMILES string of the molecule is CN1CCc2sc(S(=O)(=O)NC(=O)Nc3c(-c4ccnc(OCC5(CO)COC5)c4)ccc4c3CCC4)cc2C1. The van der Waals surface area contributed by atoms with Gasteiger partial charge in [-0.3, -0.25) is 0 Å². The lowest BCUT2D eigenvalue weighted by Gasteiger charge is -2.39. The molecule has 6 rings (SSSR count). The van der Waals surface area contributed by atoms with Gasteiger partial charge in [0, 0.05) is 35.8 Å². The highest BCUT2D eigenvalue weighted by Crippen LogP contribution is 2.39. The molecule has 1 aliphatic carbocycles. The summed E-state index contributed by atoms with van der Waals surface area (Å²) in [5, 5.41) is 12.6. The lowest BCUT2D eigenvalue weighted by molar-refractivity contribution is -0.153. The predicted octanol–water partition coefficient (Wildman–Crippen LogP) is 3.18. The zero-order valence-electron chi connectivity index (χ0n) is 22.2. The molecule has 1 fully saturated rings. The molecule has 3 aromatic rings. The number of rotatable bonds is 8. The average molecular weight is 585 g/mol. The van der Waals surface area contributed by atoms with Crippen LogP contribution < -0.4 is 14.8 Å². The first-order valence-electron chi connectivity index (χ1n) is 13.3. The fourth-order valence-electron chi connectivity index (χ4n) is 5.43. The van der Waals surface area contributed by atoms with Gasteiger partial charge in [0.2, 0.25) is 5.88 Å².